The quantitative estimate of drug-likeness (QED) is 0.402. The van der Waals surface area contributed by atoms with E-state index in [9.17, 15) is 4.79 Å². The first-order chi connectivity index (χ1) is 18.6. The Morgan fingerprint density at radius 2 is 1.72 bits per heavy atom. The van der Waals surface area contributed by atoms with Gasteiger partial charge in [0.15, 0.2) is 0 Å². The van der Waals surface area contributed by atoms with Crippen molar-refractivity contribution in [1.29, 1.82) is 0 Å². The van der Waals surface area contributed by atoms with E-state index in [1.807, 2.05) is 82.4 Å². The van der Waals surface area contributed by atoms with Gasteiger partial charge in [-0.15, -0.1) is 0 Å². The number of benzene rings is 1. The molecule has 1 saturated heterocycles. The lowest BCUT2D eigenvalue weighted by molar-refractivity contribution is 0.0240. The number of anilines is 4. The zero-order valence-electron chi connectivity index (χ0n) is 22.9. The van der Waals surface area contributed by atoms with E-state index in [-0.39, 0.29) is 6.09 Å². The topological polar surface area (TPSA) is 113 Å². The number of carbonyl (C=O) groups is 1. The lowest BCUT2D eigenvalue weighted by Gasteiger charge is -2.36. The maximum atomic E-state index is 12.3. The van der Waals surface area contributed by atoms with Crippen LogP contribution in [0.2, 0.25) is 0 Å². The number of pyridine rings is 1. The minimum absolute atomic E-state index is 0.267. The summed E-state index contributed by atoms with van der Waals surface area (Å²) in [6.45, 7) is 8.27. The molecule has 11 heteroatoms. The number of aromatic nitrogens is 5. The van der Waals surface area contributed by atoms with Gasteiger partial charge in [-0.05, 0) is 51.1 Å². The van der Waals surface area contributed by atoms with Gasteiger partial charge in [0.1, 0.15) is 17.2 Å². The smallest absolute Gasteiger partial charge is 0.410 e. The third-order valence-corrected chi connectivity index (χ3v) is 6.22. The Bertz CT molecular complexity index is 1460. The van der Waals surface area contributed by atoms with Crippen LogP contribution in [0.5, 0.6) is 0 Å². The summed E-state index contributed by atoms with van der Waals surface area (Å²) in [6.07, 6.45) is 5.03. The van der Waals surface area contributed by atoms with E-state index in [2.05, 4.69) is 35.1 Å². The third-order valence-electron chi connectivity index (χ3n) is 6.22. The number of fused-ring (bicyclic) bond motifs is 1. The van der Waals surface area contributed by atoms with Crippen LogP contribution in [0.4, 0.5) is 28.1 Å². The van der Waals surface area contributed by atoms with Crippen LogP contribution in [0.3, 0.4) is 0 Å². The SMILES string of the molecule is CN(C)c1cnc2ccc(-c3ccnc(Nc4ccc(N5CCN(C(=O)OC(C)(C)C)CC5)cn4)n3)cc2n1. The molecule has 0 saturated carbocycles. The summed E-state index contributed by atoms with van der Waals surface area (Å²) in [6, 6.07) is 11.7. The zero-order valence-corrected chi connectivity index (χ0v) is 22.9. The molecule has 0 atom stereocenters. The van der Waals surface area contributed by atoms with Gasteiger partial charge >= 0.3 is 6.09 Å². The normalized spacial score (nSPS) is 13.9. The van der Waals surface area contributed by atoms with E-state index in [0.29, 0.717) is 37.9 Å². The Balaban J connectivity index is 1.23. The number of ether oxygens (including phenoxy) is 1. The van der Waals surface area contributed by atoms with Gasteiger partial charge in [0.25, 0.3) is 0 Å². The molecular formula is C28H33N9O2. The van der Waals surface area contributed by atoms with Crippen molar-refractivity contribution in [2.24, 2.45) is 0 Å². The van der Waals surface area contributed by atoms with Gasteiger partial charge in [0.2, 0.25) is 5.95 Å². The average Bonchev–Trinajstić information content (AvgIpc) is 2.92. The number of hydrogen-bond acceptors (Lipinski definition) is 10. The van der Waals surface area contributed by atoms with Crippen LogP contribution < -0.4 is 15.1 Å². The van der Waals surface area contributed by atoms with Crippen LogP contribution >= 0.6 is 0 Å². The fourth-order valence-corrected chi connectivity index (χ4v) is 4.19. The number of rotatable bonds is 5. The summed E-state index contributed by atoms with van der Waals surface area (Å²) in [7, 11) is 3.88. The van der Waals surface area contributed by atoms with Gasteiger partial charge < -0.3 is 24.8 Å². The molecule has 1 fully saturated rings. The molecule has 0 radical (unpaired) electrons. The van der Waals surface area contributed by atoms with Crippen molar-refractivity contribution < 1.29 is 9.53 Å². The van der Waals surface area contributed by atoms with Crippen LogP contribution in [-0.2, 0) is 4.74 Å². The zero-order chi connectivity index (χ0) is 27.6. The molecule has 3 aromatic heterocycles. The molecule has 1 amide bonds. The molecule has 39 heavy (non-hydrogen) atoms. The van der Waals surface area contributed by atoms with Crippen LogP contribution in [0, 0.1) is 0 Å². The molecular weight excluding hydrogens is 494 g/mol. The third kappa shape index (κ3) is 6.31. The van der Waals surface area contributed by atoms with Gasteiger partial charge in [0.05, 0.1) is 34.8 Å². The molecule has 1 N–H and O–H groups in total. The monoisotopic (exact) mass is 527 g/mol. The number of nitrogens with one attached hydrogen (secondary N) is 1. The molecule has 4 aromatic rings. The van der Waals surface area contributed by atoms with E-state index in [4.69, 9.17) is 4.74 Å². The lowest BCUT2D eigenvalue weighted by Crippen LogP contribution is -2.50. The second kappa shape index (κ2) is 10.7. The number of hydrogen-bond donors (Lipinski definition) is 1. The highest BCUT2D eigenvalue weighted by Crippen LogP contribution is 2.24. The summed E-state index contributed by atoms with van der Waals surface area (Å²) in [5.74, 6) is 1.89. The lowest BCUT2D eigenvalue weighted by atomic mass is 10.1. The maximum Gasteiger partial charge on any atom is 0.410 e. The predicted octanol–water partition coefficient (Wildman–Crippen LogP) is 4.35. The maximum absolute atomic E-state index is 12.3. The molecule has 0 bridgehead atoms. The second-order valence-corrected chi connectivity index (χ2v) is 10.6. The van der Waals surface area contributed by atoms with E-state index in [1.54, 1.807) is 17.3 Å². The molecule has 1 aliphatic rings. The van der Waals surface area contributed by atoms with Crippen LogP contribution in [0.15, 0.2) is 55.0 Å². The predicted molar refractivity (Wildman–Crippen MR) is 152 cm³/mol. The van der Waals surface area contributed by atoms with Crippen molar-refractivity contribution in [3.05, 3.63) is 55.0 Å². The van der Waals surface area contributed by atoms with Gasteiger partial charge in [0, 0.05) is 52.0 Å². The Morgan fingerprint density at radius 1 is 0.923 bits per heavy atom. The van der Waals surface area contributed by atoms with E-state index >= 15 is 0 Å². The van der Waals surface area contributed by atoms with Crippen molar-refractivity contribution in [2.45, 2.75) is 26.4 Å². The van der Waals surface area contributed by atoms with E-state index in [0.717, 1.165) is 33.8 Å². The summed E-state index contributed by atoms with van der Waals surface area (Å²) in [5.41, 5.74) is 3.82. The van der Waals surface area contributed by atoms with Crippen molar-refractivity contribution in [3.63, 3.8) is 0 Å². The molecule has 11 nitrogen and oxygen atoms in total. The Kier molecular flexibility index (Phi) is 7.14. The first kappa shape index (κ1) is 26.1. The fourth-order valence-electron chi connectivity index (χ4n) is 4.19. The fraction of sp³-hybridized carbons (Fsp3) is 0.357. The number of nitrogens with zero attached hydrogens (tertiary/aromatic N) is 8. The van der Waals surface area contributed by atoms with Crippen LogP contribution in [0.25, 0.3) is 22.3 Å². The summed E-state index contributed by atoms with van der Waals surface area (Å²) >= 11 is 0. The molecule has 1 aromatic carbocycles. The minimum atomic E-state index is -0.496. The molecule has 5 rings (SSSR count). The highest BCUT2D eigenvalue weighted by atomic mass is 16.6. The highest BCUT2D eigenvalue weighted by Gasteiger charge is 2.26. The molecule has 0 spiro atoms. The standard InChI is InChI=1S/C28H33N9O2/c1-28(2,3)39-27(38)37-14-12-36(13-15-37)20-7-9-24(31-17-20)34-26-29-11-10-21(33-26)19-6-8-22-23(16-19)32-25(18-30-22)35(4)5/h6-11,16-18H,12-15H2,1-5H3,(H,29,31,33,34). The van der Waals surface area contributed by atoms with Crippen molar-refractivity contribution in [3.8, 4) is 11.3 Å². The Labute approximate surface area is 227 Å². The molecule has 0 unspecified atom stereocenters. The molecule has 1 aliphatic heterocycles. The van der Waals surface area contributed by atoms with Crippen LogP contribution in [-0.4, -0.2) is 81.8 Å². The summed E-state index contributed by atoms with van der Waals surface area (Å²) in [4.78, 5) is 41.0. The van der Waals surface area contributed by atoms with E-state index < -0.39 is 5.60 Å². The van der Waals surface area contributed by atoms with Gasteiger partial charge in [-0.1, -0.05) is 6.07 Å². The first-order valence-corrected chi connectivity index (χ1v) is 12.9. The van der Waals surface area contributed by atoms with Gasteiger partial charge in [-0.2, -0.15) is 0 Å². The summed E-state index contributed by atoms with van der Waals surface area (Å²) in [5, 5.41) is 3.19. The van der Waals surface area contributed by atoms with Crippen molar-refractivity contribution >= 4 is 40.4 Å². The average molecular weight is 528 g/mol. The summed E-state index contributed by atoms with van der Waals surface area (Å²) < 4.78 is 5.49. The molecule has 202 valence electrons. The van der Waals surface area contributed by atoms with Gasteiger partial charge in [-0.3, -0.25) is 4.98 Å². The largest absolute Gasteiger partial charge is 0.444 e. The molecule has 0 aliphatic carbocycles. The first-order valence-electron chi connectivity index (χ1n) is 12.9. The Morgan fingerprint density at radius 3 is 2.41 bits per heavy atom. The van der Waals surface area contributed by atoms with Crippen molar-refractivity contribution in [2.75, 3.05) is 55.4 Å². The molecule has 4 heterocycles. The van der Waals surface area contributed by atoms with Crippen LogP contribution in [0.1, 0.15) is 20.8 Å². The number of amides is 1. The highest BCUT2D eigenvalue weighted by molar-refractivity contribution is 5.81. The van der Waals surface area contributed by atoms with Crippen molar-refractivity contribution in [1.82, 2.24) is 29.8 Å². The number of carbonyl (C=O) groups excluding carboxylic acids is 1. The number of piperazine rings is 1. The minimum Gasteiger partial charge on any atom is -0.444 e. The Hall–Kier alpha value is -4.54. The van der Waals surface area contributed by atoms with E-state index in [1.165, 1.54) is 0 Å². The second-order valence-electron chi connectivity index (χ2n) is 10.6. The van der Waals surface area contributed by atoms with Gasteiger partial charge in [-0.25, -0.2) is 24.7 Å².